The summed E-state index contributed by atoms with van der Waals surface area (Å²) in [5.74, 6) is -1.47. The summed E-state index contributed by atoms with van der Waals surface area (Å²) in [6.07, 6.45) is 0. The zero-order chi connectivity index (χ0) is 22.0. The quantitative estimate of drug-likeness (QED) is 0.352. The molecule has 0 aliphatic heterocycles. The van der Waals surface area contributed by atoms with Crippen LogP contribution >= 0.6 is 23.2 Å². The third kappa shape index (κ3) is 4.44. The van der Waals surface area contributed by atoms with Gasteiger partial charge in [0.15, 0.2) is 0 Å². The lowest BCUT2D eigenvalue weighted by Crippen LogP contribution is -2.17. The van der Waals surface area contributed by atoms with E-state index in [0.29, 0.717) is 29.2 Å². The van der Waals surface area contributed by atoms with Crippen LogP contribution in [0.25, 0.3) is 10.9 Å². The van der Waals surface area contributed by atoms with E-state index in [1.165, 1.54) is 12.1 Å². The van der Waals surface area contributed by atoms with Gasteiger partial charge in [0.1, 0.15) is 11.5 Å². The summed E-state index contributed by atoms with van der Waals surface area (Å²) >= 11 is 12.4. The summed E-state index contributed by atoms with van der Waals surface area (Å²) in [5, 5.41) is 15.1. The maximum absolute atomic E-state index is 13.5. The maximum atomic E-state index is 13.5. The van der Waals surface area contributed by atoms with E-state index < -0.39 is 11.8 Å². The highest BCUT2D eigenvalue weighted by atomic mass is 35.5. The van der Waals surface area contributed by atoms with Crippen LogP contribution < -0.4 is 5.32 Å². The molecular formula is C24H19Cl2FN2O2. The van der Waals surface area contributed by atoms with E-state index in [-0.39, 0.29) is 17.3 Å². The average Bonchev–Trinajstić information content (AvgIpc) is 3.05. The largest absolute Gasteiger partial charge is 0.477 e. The molecule has 3 aromatic carbocycles. The van der Waals surface area contributed by atoms with Crippen molar-refractivity contribution in [2.24, 2.45) is 0 Å². The lowest BCUT2D eigenvalue weighted by atomic mass is 10.1. The molecule has 31 heavy (non-hydrogen) atoms. The van der Waals surface area contributed by atoms with Gasteiger partial charge < -0.3 is 15.0 Å². The van der Waals surface area contributed by atoms with Crippen molar-refractivity contribution < 1.29 is 14.3 Å². The third-order valence-electron chi connectivity index (χ3n) is 5.20. The number of nitrogens with one attached hydrogen (secondary N) is 1. The number of benzene rings is 3. The Morgan fingerprint density at radius 1 is 0.935 bits per heavy atom. The number of carbonyl (C=O) groups is 1. The molecule has 0 fully saturated rings. The summed E-state index contributed by atoms with van der Waals surface area (Å²) in [7, 11) is 0. The molecule has 0 amide bonds. The first-order chi connectivity index (χ1) is 15.0. The van der Waals surface area contributed by atoms with Crippen molar-refractivity contribution in [3.8, 4) is 0 Å². The number of aromatic nitrogens is 1. The van der Waals surface area contributed by atoms with Gasteiger partial charge in [-0.25, -0.2) is 9.18 Å². The van der Waals surface area contributed by atoms with Crippen molar-refractivity contribution in [2.75, 3.05) is 0 Å². The van der Waals surface area contributed by atoms with E-state index in [9.17, 15) is 14.3 Å². The third-order valence-corrected chi connectivity index (χ3v) is 5.92. The highest BCUT2D eigenvalue weighted by molar-refractivity contribution is 6.31. The Morgan fingerprint density at radius 3 is 2.42 bits per heavy atom. The molecule has 0 aliphatic rings. The number of hydrogen-bond acceptors (Lipinski definition) is 2. The molecule has 0 bridgehead atoms. The zero-order valence-corrected chi connectivity index (χ0v) is 17.9. The number of carboxylic acid groups (broad SMARTS) is 1. The summed E-state index contributed by atoms with van der Waals surface area (Å²) in [5.41, 5.74) is 3.20. The predicted octanol–water partition coefficient (Wildman–Crippen LogP) is 6.12. The van der Waals surface area contributed by atoms with Gasteiger partial charge in [0.2, 0.25) is 0 Å². The summed E-state index contributed by atoms with van der Waals surface area (Å²) < 4.78 is 15.2. The van der Waals surface area contributed by atoms with Crippen molar-refractivity contribution in [3.63, 3.8) is 0 Å². The first-order valence-electron chi connectivity index (χ1n) is 9.67. The number of para-hydroxylation sites is 1. The van der Waals surface area contributed by atoms with E-state index >= 15 is 0 Å². The van der Waals surface area contributed by atoms with Crippen LogP contribution in [-0.4, -0.2) is 15.6 Å². The zero-order valence-electron chi connectivity index (χ0n) is 16.4. The molecule has 0 spiro atoms. The van der Waals surface area contributed by atoms with Crippen molar-refractivity contribution in [2.45, 2.75) is 19.6 Å². The standard InChI is InChI=1S/C24H19Cl2FN2O2/c25-20-7-3-1-5-15(20)12-28-13-19-18-6-2-4-8-22(18)29(23(19)24(30)31)14-16-9-10-17(27)11-21(16)26/h1-11,28H,12-14H2,(H,30,31). The molecule has 0 atom stereocenters. The number of fused-ring (bicyclic) bond motifs is 1. The molecule has 4 nitrogen and oxygen atoms in total. The minimum atomic E-state index is -1.04. The Kier molecular flexibility index (Phi) is 6.28. The van der Waals surface area contributed by atoms with Gasteiger partial charge in [0.05, 0.1) is 0 Å². The van der Waals surface area contributed by atoms with Gasteiger partial charge in [-0.1, -0.05) is 65.7 Å². The molecule has 4 aromatic rings. The van der Waals surface area contributed by atoms with Crippen molar-refractivity contribution in [1.29, 1.82) is 0 Å². The smallest absolute Gasteiger partial charge is 0.352 e. The molecule has 158 valence electrons. The number of aromatic carboxylic acids is 1. The van der Waals surface area contributed by atoms with Crippen LogP contribution in [0.2, 0.25) is 10.0 Å². The van der Waals surface area contributed by atoms with E-state index in [1.807, 2.05) is 48.5 Å². The van der Waals surface area contributed by atoms with Crippen LogP contribution in [0, 0.1) is 5.82 Å². The van der Waals surface area contributed by atoms with Crippen molar-refractivity contribution in [1.82, 2.24) is 9.88 Å². The molecule has 0 aliphatic carbocycles. The van der Waals surface area contributed by atoms with Gasteiger partial charge >= 0.3 is 5.97 Å². The normalized spacial score (nSPS) is 11.2. The number of carboxylic acids is 1. The highest BCUT2D eigenvalue weighted by Crippen LogP contribution is 2.29. The van der Waals surface area contributed by atoms with Crippen molar-refractivity contribution >= 4 is 40.1 Å². The van der Waals surface area contributed by atoms with Crippen LogP contribution in [-0.2, 0) is 19.6 Å². The molecule has 1 aromatic heterocycles. The molecule has 0 radical (unpaired) electrons. The fourth-order valence-electron chi connectivity index (χ4n) is 3.75. The van der Waals surface area contributed by atoms with Gasteiger partial charge in [-0.3, -0.25) is 0 Å². The van der Waals surface area contributed by atoms with E-state index in [4.69, 9.17) is 23.2 Å². The molecule has 2 N–H and O–H groups in total. The molecular weight excluding hydrogens is 438 g/mol. The molecule has 0 unspecified atom stereocenters. The Balaban J connectivity index is 1.72. The molecule has 7 heteroatoms. The van der Waals surface area contributed by atoms with E-state index in [0.717, 1.165) is 16.5 Å². The monoisotopic (exact) mass is 456 g/mol. The van der Waals surface area contributed by atoms with Gasteiger partial charge in [-0.15, -0.1) is 0 Å². The highest BCUT2D eigenvalue weighted by Gasteiger charge is 2.22. The second kappa shape index (κ2) is 9.10. The van der Waals surface area contributed by atoms with Gasteiger partial charge in [0.25, 0.3) is 0 Å². The lowest BCUT2D eigenvalue weighted by Gasteiger charge is -2.11. The Hall–Kier alpha value is -2.86. The fourth-order valence-corrected chi connectivity index (χ4v) is 4.18. The van der Waals surface area contributed by atoms with Gasteiger partial charge in [-0.05, 0) is 35.4 Å². The van der Waals surface area contributed by atoms with Gasteiger partial charge in [0, 0.05) is 46.1 Å². The molecule has 0 saturated heterocycles. The van der Waals surface area contributed by atoms with Crippen LogP contribution in [0.4, 0.5) is 4.39 Å². The predicted molar refractivity (Wildman–Crippen MR) is 121 cm³/mol. The maximum Gasteiger partial charge on any atom is 0.352 e. The second-order valence-corrected chi connectivity index (χ2v) is 7.98. The second-order valence-electron chi connectivity index (χ2n) is 7.17. The number of rotatable bonds is 7. The topological polar surface area (TPSA) is 54.3 Å². The van der Waals surface area contributed by atoms with Gasteiger partial charge in [-0.2, -0.15) is 0 Å². The lowest BCUT2D eigenvalue weighted by molar-refractivity contribution is 0.0684. The Morgan fingerprint density at radius 2 is 1.68 bits per heavy atom. The summed E-state index contributed by atoms with van der Waals surface area (Å²) in [4.78, 5) is 12.3. The van der Waals surface area contributed by atoms with Crippen LogP contribution in [0.3, 0.4) is 0 Å². The van der Waals surface area contributed by atoms with E-state index in [1.54, 1.807) is 10.6 Å². The van der Waals surface area contributed by atoms with Crippen LogP contribution in [0.15, 0.2) is 66.7 Å². The number of hydrogen-bond donors (Lipinski definition) is 2. The minimum absolute atomic E-state index is 0.174. The first kappa shape index (κ1) is 21.4. The fraction of sp³-hybridized carbons (Fsp3) is 0.125. The summed E-state index contributed by atoms with van der Waals surface area (Å²) in [6, 6.07) is 19.1. The average molecular weight is 457 g/mol. The first-order valence-corrected chi connectivity index (χ1v) is 10.4. The molecule has 1 heterocycles. The minimum Gasteiger partial charge on any atom is -0.477 e. The Labute approximate surface area is 188 Å². The van der Waals surface area contributed by atoms with Crippen LogP contribution in [0.1, 0.15) is 27.2 Å². The Bertz CT molecular complexity index is 1270. The van der Waals surface area contributed by atoms with E-state index in [2.05, 4.69) is 5.32 Å². The van der Waals surface area contributed by atoms with Crippen LogP contribution in [0.5, 0.6) is 0 Å². The molecule has 4 rings (SSSR count). The van der Waals surface area contributed by atoms with Crippen molar-refractivity contribution in [3.05, 3.63) is 105 Å². The summed E-state index contributed by atoms with van der Waals surface area (Å²) in [6.45, 7) is 1.06. The SMILES string of the molecule is O=C(O)c1c(CNCc2ccccc2Cl)c2ccccc2n1Cc1ccc(F)cc1Cl. The number of halogens is 3. The molecule has 0 saturated carbocycles. The number of nitrogens with zero attached hydrogens (tertiary/aromatic N) is 1.